The first-order valence-corrected chi connectivity index (χ1v) is 4.97. The lowest BCUT2D eigenvalue weighted by molar-refractivity contribution is 0.978. The van der Waals surface area contributed by atoms with Gasteiger partial charge in [-0.3, -0.25) is 0 Å². The molecule has 1 heterocycles. The quantitative estimate of drug-likeness (QED) is 0.740. The van der Waals surface area contributed by atoms with Gasteiger partial charge in [-0.1, -0.05) is 35.4 Å². The van der Waals surface area contributed by atoms with Crippen molar-refractivity contribution in [1.29, 1.82) is 0 Å². The van der Waals surface area contributed by atoms with Crippen LogP contribution in [-0.4, -0.2) is 15.2 Å². The van der Waals surface area contributed by atoms with E-state index in [-0.39, 0.29) is 0 Å². The maximum absolute atomic E-state index is 5.76. The summed E-state index contributed by atoms with van der Waals surface area (Å²) in [5.74, 6) is 0.569. The molecule has 0 aliphatic heterocycles. The average molecular weight is 220 g/mol. The minimum atomic E-state index is 0.361. The summed E-state index contributed by atoms with van der Waals surface area (Å²) in [7, 11) is 0. The summed E-state index contributed by atoms with van der Waals surface area (Å²) in [6.45, 7) is 4.07. The van der Waals surface area contributed by atoms with Crippen LogP contribution in [-0.2, 0) is 0 Å². The Kier molecular flexibility index (Phi) is 2.64. The van der Waals surface area contributed by atoms with Crippen molar-refractivity contribution in [2.45, 2.75) is 13.8 Å². The highest BCUT2D eigenvalue weighted by molar-refractivity contribution is 6.29. The molecule has 0 atom stereocenters. The van der Waals surface area contributed by atoms with E-state index in [1.807, 2.05) is 26.0 Å². The number of aromatic nitrogens is 3. The first-order valence-electron chi connectivity index (χ1n) is 4.59. The number of aryl methyl sites for hydroxylation is 2. The highest BCUT2D eigenvalue weighted by Crippen LogP contribution is 2.20. The van der Waals surface area contributed by atoms with E-state index in [9.17, 15) is 0 Å². The monoisotopic (exact) mass is 219 g/mol. The normalized spacial score (nSPS) is 10.3. The fourth-order valence-corrected chi connectivity index (χ4v) is 1.59. The molecule has 0 N–H and O–H groups in total. The van der Waals surface area contributed by atoms with E-state index < -0.39 is 0 Å². The van der Waals surface area contributed by atoms with Gasteiger partial charge in [0.1, 0.15) is 0 Å². The average Bonchev–Trinajstić information content (AvgIpc) is 2.17. The molecule has 2 rings (SSSR count). The van der Waals surface area contributed by atoms with Gasteiger partial charge < -0.3 is 0 Å². The number of benzene rings is 1. The molecule has 0 spiro atoms. The van der Waals surface area contributed by atoms with Gasteiger partial charge in [0.15, 0.2) is 11.0 Å². The van der Waals surface area contributed by atoms with Crippen LogP contribution < -0.4 is 0 Å². The Morgan fingerprint density at radius 2 is 2.00 bits per heavy atom. The molecule has 0 aliphatic carbocycles. The summed E-state index contributed by atoms with van der Waals surface area (Å²) < 4.78 is 0. The van der Waals surface area contributed by atoms with Crippen molar-refractivity contribution in [2.24, 2.45) is 0 Å². The summed E-state index contributed by atoms with van der Waals surface area (Å²) in [5, 5.41) is 8.10. The summed E-state index contributed by atoms with van der Waals surface area (Å²) in [5.41, 5.74) is 3.31. The van der Waals surface area contributed by atoms with Gasteiger partial charge in [-0.25, -0.2) is 4.98 Å². The van der Waals surface area contributed by atoms with Crippen LogP contribution in [0, 0.1) is 13.8 Å². The van der Waals surface area contributed by atoms with Crippen LogP contribution in [0.25, 0.3) is 11.4 Å². The Morgan fingerprint density at radius 3 is 2.67 bits per heavy atom. The van der Waals surface area contributed by atoms with Crippen molar-refractivity contribution in [1.82, 2.24) is 15.2 Å². The largest absolute Gasteiger partial charge is 0.213 e. The van der Waals surface area contributed by atoms with Crippen LogP contribution in [0.1, 0.15) is 11.1 Å². The van der Waals surface area contributed by atoms with E-state index in [1.165, 1.54) is 11.8 Å². The molecule has 0 aliphatic rings. The molecule has 76 valence electrons. The number of nitrogens with zero attached hydrogens (tertiary/aromatic N) is 3. The van der Waals surface area contributed by atoms with Crippen LogP contribution in [0.15, 0.2) is 24.4 Å². The third kappa shape index (κ3) is 2.13. The van der Waals surface area contributed by atoms with Crippen molar-refractivity contribution >= 4 is 11.6 Å². The Balaban J connectivity index is 2.54. The van der Waals surface area contributed by atoms with Gasteiger partial charge in [0, 0.05) is 5.56 Å². The van der Waals surface area contributed by atoms with Gasteiger partial charge >= 0.3 is 0 Å². The summed E-state index contributed by atoms with van der Waals surface area (Å²) >= 11 is 5.76. The van der Waals surface area contributed by atoms with Crippen molar-refractivity contribution < 1.29 is 0 Å². The van der Waals surface area contributed by atoms with Gasteiger partial charge in [-0.2, -0.15) is 5.10 Å². The second-order valence-electron chi connectivity index (χ2n) is 3.42. The van der Waals surface area contributed by atoms with E-state index in [4.69, 9.17) is 11.6 Å². The van der Waals surface area contributed by atoms with Crippen LogP contribution in [0.3, 0.4) is 0 Å². The Morgan fingerprint density at radius 1 is 1.20 bits per heavy atom. The first-order chi connectivity index (χ1) is 7.16. The molecule has 0 bridgehead atoms. The fraction of sp³-hybridized carbons (Fsp3) is 0.182. The standard InChI is InChI=1S/C11H10ClN3/c1-7-3-4-9(8(2)5-7)11-14-10(12)6-13-15-11/h3-6H,1-2H3. The Labute approximate surface area is 93.1 Å². The number of hydrogen-bond donors (Lipinski definition) is 0. The molecule has 2 aromatic rings. The van der Waals surface area contributed by atoms with Crippen LogP contribution in [0.5, 0.6) is 0 Å². The first kappa shape index (κ1) is 10.1. The summed E-state index contributed by atoms with van der Waals surface area (Å²) in [6, 6.07) is 6.09. The zero-order valence-corrected chi connectivity index (χ0v) is 9.28. The van der Waals surface area contributed by atoms with Crippen molar-refractivity contribution in [2.75, 3.05) is 0 Å². The molecule has 0 fully saturated rings. The van der Waals surface area contributed by atoms with Gasteiger partial charge in [0.2, 0.25) is 0 Å². The van der Waals surface area contributed by atoms with Gasteiger partial charge in [-0.05, 0) is 19.4 Å². The minimum absolute atomic E-state index is 0.361. The maximum Gasteiger partial charge on any atom is 0.183 e. The minimum Gasteiger partial charge on any atom is -0.213 e. The molecule has 15 heavy (non-hydrogen) atoms. The number of halogens is 1. The number of hydrogen-bond acceptors (Lipinski definition) is 3. The van der Waals surface area contributed by atoms with Crippen molar-refractivity contribution in [3.63, 3.8) is 0 Å². The van der Waals surface area contributed by atoms with E-state index in [2.05, 4.69) is 21.2 Å². The van der Waals surface area contributed by atoms with E-state index in [0.29, 0.717) is 11.0 Å². The zero-order valence-electron chi connectivity index (χ0n) is 8.53. The molecule has 0 saturated carbocycles. The topological polar surface area (TPSA) is 38.7 Å². The molecule has 0 unspecified atom stereocenters. The lowest BCUT2D eigenvalue weighted by Crippen LogP contribution is -1.94. The lowest BCUT2D eigenvalue weighted by Gasteiger charge is -2.04. The van der Waals surface area contributed by atoms with Crippen molar-refractivity contribution in [3.05, 3.63) is 40.7 Å². The van der Waals surface area contributed by atoms with Crippen LogP contribution >= 0.6 is 11.6 Å². The molecular formula is C11H10ClN3. The van der Waals surface area contributed by atoms with Gasteiger partial charge in [0.05, 0.1) is 6.20 Å². The summed E-state index contributed by atoms with van der Waals surface area (Å²) in [6.07, 6.45) is 1.43. The van der Waals surface area contributed by atoms with Gasteiger partial charge in [0.25, 0.3) is 0 Å². The molecule has 1 aromatic carbocycles. The van der Waals surface area contributed by atoms with E-state index in [0.717, 1.165) is 11.1 Å². The smallest absolute Gasteiger partial charge is 0.183 e. The molecule has 4 heteroatoms. The molecule has 0 saturated heterocycles. The Bertz CT molecular complexity index is 497. The molecule has 1 aromatic heterocycles. The van der Waals surface area contributed by atoms with Crippen molar-refractivity contribution in [3.8, 4) is 11.4 Å². The molecule has 0 amide bonds. The third-order valence-corrected chi connectivity index (χ3v) is 2.33. The van der Waals surface area contributed by atoms with Crippen LogP contribution in [0.4, 0.5) is 0 Å². The SMILES string of the molecule is Cc1ccc(-c2nncc(Cl)n2)c(C)c1. The molecule has 3 nitrogen and oxygen atoms in total. The fourth-order valence-electron chi connectivity index (χ4n) is 1.46. The highest BCUT2D eigenvalue weighted by atomic mass is 35.5. The second-order valence-corrected chi connectivity index (χ2v) is 3.81. The maximum atomic E-state index is 5.76. The van der Waals surface area contributed by atoms with E-state index in [1.54, 1.807) is 0 Å². The predicted octanol–water partition coefficient (Wildman–Crippen LogP) is 2.81. The molecule has 0 radical (unpaired) electrons. The highest BCUT2D eigenvalue weighted by Gasteiger charge is 2.05. The molecular weight excluding hydrogens is 210 g/mol. The summed E-state index contributed by atoms with van der Waals surface area (Å²) in [4.78, 5) is 4.13. The lowest BCUT2D eigenvalue weighted by atomic mass is 10.1. The third-order valence-electron chi connectivity index (χ3n) is 2.15. The number of rotatable bonds is 1. The van der Waals surface area contributed by atoms with E-state index >= 15 is 0 Å². The second kappa shape index (κ2) is 3.95. The predicted molar refractivity (Wildman–Crippen MR) is 59.7 cm³/mol. The zero-order chi connectivity index (χ0) is 10.8. The van der Waals surface area contributed by atoms with Gasteiger partial charge in [-0.15, -0.1) is 5.10 Å². The Hall–Kier alpha value is -1.48. The van der Waals surface area contributed by atoms with Crippen LogP contribution in [0.2, 0.25) is 5.15 Å².